The van der Waals surface area contributed by atoms with Crippen LogP contribution in [0.4, 0.5) is 0 Å². The van der Waals surface area contributed by atoms with E-state index in [0.717, 1.165) is 45.3 Å². The van der Waals surface area contributed by atoms with E-state index in [4.69, 9.17) is 0 Å². The van der Waals surface area contributed by atoms with Crippen LogP contribution in [0.15, 0.2) is 0 Å². The average Bonchev–Trinajstić information content (AvgIpc) is 2.53. The molecule has 116 valence electrons. The molecule has 0 aromatic rings. The molecule has 1 atom stereocenters. The summed E-state index contributed by atoms with van der Waals surface area (Å²) in [4.78, 5) is 14.4. The second-order valence-corrected chi connectivity index (χ2v) is 6.71. The van der Waals surface area contributed by atoms with Crippen LogP contribution < -0.4 is 5.32 Å². The van der Waals surface area contributed by atoms with E-state index < -0.39 is 0 Å². The number of hydrogen-bond acceptors (Lipinski definition) is 3. The topological polar surface area (TPSA) is 52.6 Å². The molecular formula is C16H30N2O2. The smallest absolute Gasteiger partial charge is 0.239 e. The molecule has 1 heterocycles. The van der Waals surface area contributed by atoms with Gasteiger partial charge in [0.1, 0.15) is 0 Å². The zero-order chi connectivity index (χ0) is 14.4. The highest BCUT2D eigenvalue weighted by Gasteiger charge is 2.32. The summed E-state index contributed by atoms with van der Waals surface area (Å²) < 4.78 is 0. The predicted octanol–water partition coefficient (Wildman–Crippen LogP) is 1.92. The van der Waals surface area contributed by atoms with E-state index in [9.17, 15) is 9.90 Å². The van der Waals surface area contributed by atoms with E-state index in [-0.39, 0.29) is 24.0 Å². The molecule has 1 saturated heterocycles. The second kappa shape index (κ2) is 7.41. The van der Waals surface area contributed by atoms with Crippen LogP contribution in [0, 0.1) is 5.41 Å². The third kappa shape index (κ3) is 3.95. The first kappa shape index (κ1) is 15.8. The Morgan fingerprint density at radius 3 is 2.35 bits per heavy atom. The Hall–Kier alpha value is -0.610. The van der Waals surface area contributed by atoms with Crippen molar-refractivity contribution in [2.45, 2.75) is 64.3 Å². The number of rotatable bonds is 5. The van der Waals surface area contributed by atoms with Gasteiger partial charge in [-0.3, -0.25) is 4.79 Å². The summed E-state index contributed by atoms with van der Waals surface area (Å²) in [5.74, 6) is 0.230. The molecule has 1 aliphatic carbocycles. The Labute approximate surface area is 122 Å². The first-order chi connectivity index (χ1) is 9.67. The second-order valence-electron chi connectivity index (χ2n) is 6.71. The number of amides is 1. The molecule has 20 heavy (non-hydrogen) atoms. The van der Waals surface area contributed by atoms with Gasteiger partial charge in [-0.15, -0.1) is 0 Å². The zero-order valence-corrected chi connectivity index (χ0v) is 12.9. The van der Waals surface area contributed by atoms with Gasteiger partial charge in [-0.05, 0) is 39.0 Å². The van der Waals surface area contributed by atoms with Gasteiger partial charge in [-0.2, -0.15) is 0 Å². The quantitative estimate of drug-likeness (QED) is 0.810. The molecule has 4 nitrogen and oxygen atoms in total. The molecule has 4 heteroatoms. The highest BCUT2D eigenvalue weighted by atomic mass is 16.3. The molecule has 0 radical (unpaired) electrons. The molecule has 1 saturated carbocycles. The van der Waals surface area contributed by atoms with E-state index in [1.54, 1.807) is 0 Å². The maximum absolute atomic E-state index is 12.4. The third-order valence-electron chi connectivity index (χ3n) is 5.07. The van der Waals surface area contributed by atoms with Crippen molar-refractivity contribution in [1.82, 2.24) is 10.2 Å². The normalized spacial score (nSPS) is 24.4. The van der Waals surface area contributed by atoms with Gasteiger partial charge in [-0.25, -0.2) is 0 Å². The Morgan fingerprint density at radius 1 is 1.15 bits per heavy atom. The number of carbonyl (C=O) groups excluding carboxylic acids is 1. The largest absolute Gasteiger partial charge is 0.396 e. The van der Waals surface area contributed by atoms with E-state index in [0.29, 0.717) is 0 Å². The summed E-state index contributed by atoms with van der Waals surface area (Å²) >= 11 is 0. The summed E-state index contributed by atoms with van der Waals surface area (Å²) in [7, 11) is 0. The number of hydrogen-bond donors (Lipinski definition) is 2. The van der Waals surface area contributed by atoms with Crippen molar-refractivity contribution >= 4 is 5.91 Å². The maximum atomic E-state index is 12.4. The van der Waals surface area contributed by atoms with Gasteiger partial charge >= 0.3 is 0 Å². The first-order valence-electron chi connectivity index (χ1n) is 8.30. The Morgan fingerprint density at radius 2 is 1.75 bits per heavy atom. The minimum absolute atomic E-state index is 0.00862. The Bertz CT molecular complexity index is 308. The van der Waals surface area contributed by atoms with Gasteiger partial charge in [0, 0.05) is 31.7 Å². The summed E-state index contributed by atoms with van der Waals surface area (Å²) in [6.45, 7) is 4.80. The molecule has 2 fully saturated rings. The predicted molar refractivity (Wildman–Crippen MR) is 80.5 cm³/mol. The van der Waals surface area contributed by atoms with E-state index in [1.807, 2.05) is 11.8 Å². The van der Waals surface area contributed by atoms with Crippen LogP contribution in [0.2, 0.25) is 0 Å². The highest BCUT2D eigenvalue weighted by molar-refractivity contribution is 5.81. The van der Waals surface area contributed by atoms with Crippen LogP contribution in [0.25, 0.3) is 0 Å². The number of aliphatic hydroxyl groups excluding tert-OH is 1. The van der Waals surface area contributed by atoms with E-state index in [2.05, 4.69) is 5.32 Å². The lowest BCUT2D eigenvalue weighted by atomic mass is 9.74. The SMILES string of the molecule is CC(NCC1(CO)CCCCC1)C(=O)N1CCCCC1. The van der Waals surface area contributed by atoms with Crippen molar-refractivity contribution in [3.05, 3.63) is 0 Å². The van der Waals surface area contributed by atoms with Crippen molar-refractivity contribution in [2.75, 3.05) is 26.2 Å². The number of nitrogens with one attached hydrogen (secondary N) is 1. The minimum Gasteiger partial charge on any atom is -0.396 e. The third-order valence-corrected chi connectivity index (χ3v) is 5.07. The molecule has 1 aliphatic heterocycles. The van der Waals surface area contributed by atoms with Gasteiger partial charge in [0.05, 0.1) is 6.04 Å². The van der Waals surface area contributed by atoms with Crippen molar-refractivity contribution in [1.29, 1.82) is 0 Å². The first-order valence-corrected chi connectivity index (χ1v) is 8.30. The standard InChI is InChI=1S/C16H30N2O2/c1-14(15(20)18-10-6-3-7-11-18)17-12-16(13-19)8-4-2-5-9-16/h14,17,19H,2-13H2,1H3. The molecule has 2 aliphatic rings. The molecule has 1 amide bonds. The van der Waals surface area contributed by atoms with Gasteiger partial charge < -0.3 is 15.3 Å². The summed E-state index contributed by atoms with van der Waals surface area (Å²) in [6.07, 6.45) is 9.39. The lowest BCUT2D eigenvalue weighted by molar-refractivity contribution is -0.134. The number of likely N-dealkylation sites (tertiary alicyclic amines) is 1. The van der Waals surface area contributed by atoms with Crippen LogP contribution in [0.3, 0.4) is 0 Å². The fourth-order valence-corrected chi connectivity index (χ4v) is 3.54. The number of aliphatic hydroxyl groups is 1. The maximum Gasteiger partial charge on any atom is 0.239 e. The fourth-order valence-electron chi connectivity index (χ4n) is 3.54. The molecule has 0 bridgehead atoms. The molecule has 0 spiro atoms. The van der Waals surface area contributed by atoms with Crippen LogP contribution in [-0.2, 0) is 4.79 Å². The van der Waals surface area contributed by atoms with Gasteiger partial charge in [-0.1, -0.05) is 19.3 Å². The van der Waals surface area contributed by atoms with Gasteiger partial charge in [0.25, 0.3) is 0 Å². The number of piperidine rings is 1. The molecule has 2 rings (SSSR count). The number of carbonyl (C=O) groups is 1. The summed E-state index contributed by atoms with van der Waals surface area (Å²) in [6, 6.07) is -0.126. The van der Waals surface area contributed by atoms with Crippen LogP contribution in [0.1, 0.15) is 58.3 Å². The Balaban J connectivity index is 1.80. The Kier molecular flexibility index (Phi) is 5.85. The average molecular weight is 282 g/mol. The lowest BCUT2D eigenvalue weighted by Gasteiger charge is -2.37. The highest BCUT2D eigenvalue weighted by Crippen LogP contribution is 2.35. The molecular weight excluding hydrogens is 252 g/mol. The van der Waals surface area contributed by atoms with Crippen molar-refractivity contribution in [2.24, 2.45) is 5.41 Å². The molecule has 0 aromatic heterocycles. The van der Waals surface area contributed by atoms with E-state index >= 15 is 0 Å². The summed E-state index contributed by atoms with van der Waals surface area (Å²) in [5.41, 5.74) is 0.00862. The van der Waals surface area contributed by atoms with Gasteiger partial charge in [0.15, 0.2) is 0 Å². The number of nitrogens with zero attached hydrogens (tertiary/aromatic N) is 1. The van der Waals surface area contributed by atoms with Crippen LogP contribution in [0.5, 0.6) is 0 Å². The monoisotopic (exact) mass is 282 g/mol. The van der Waals surface area contributed by atoms with Crippen molar-refractivity contribution in [3.8, 4) is 0 Å². The minimum atomic E-state index is -0.126. The zero-order valence-electron chi connectivity index (χ0n) is 12.9. The van der Waals surface area contributed by atoms with Crippen molar-refractivity contribution < 1.29 is 9.90 Å². The van der Waals surface area contributed by atoms with Gasteiger partial charge in [0.2, 0.25) is 5.91 Å². The molecule has 1 unspecified atom stereocenters. The van der Waals surface area contributed by atoms with E-state index in [1.165, 1.54) is 25.7 Å². The summed E-state index contributed by atoms with van der Waals surface area (Å²) in [5, 5.41) is 13.1. The van der Waals surface area contributed by atoms with Crippen LogP contribution >= 0.6 is 0 Å². The van der Waals surface area contributed by atoms with Crippen molar-refractivity contribution in [3.63, 3.8) is 0 Å². The van der Waals surface area contributed by atoms with Crippen LogP contribution in [-0.4, -0.2) is 48.2 Å². The molecule has 2 N–H and O–H groups in total. The molecule has 0 aromatic carbocycles. The fraction of sp³-hybridized carbons (Fsp3) is 0.938. The lowest BCUT2D eigenvalue weighted by Crippen LogP contribution is -2.50.